The number of carbonyl (C=O) groups excluding carboxylic acids is 1. The second-order valence-electron chi connectivity index (χ2n) is 9.78. The molecule has 3 heterocycles. The second-order valence-corrected chi connectivity index (χ2v) is 9.78. The number of rotatable bonds is 5. The minimum Gasteiger partial charge on any atom is -0.365 e. The molecule has 3 aromatic rings. The van der Waals surface area contributed by atoms with Crippen molar-refractivity contribution in [2.45, 2.75) is 51.2 Å². The van der Waals surface area contributed by atoms with Crippen LogP contribution in [0.15, 0.2) is 59.5 Å². The van der Waals surface area contributed by atoms with Gasteiger partial charge in [0.15, 0.2) is 0 Å². The number of piperidine rings is 1. The lowest BCUT2D eigenvalue weighted by Gasteiger charge is -2.42. The molecule has 1 fully saturated rings. The molecule has 5 heteroatoms. The Morgan fingerprint density at radius 3 is 2.82 bits per heavy atom. The molecule has 2 aliphatic rings. The van der Waals surface area contributed by atoms with E-state index in [1.807, 2.05) is 12.3 Å². The second kappa shape index (κ2) is 8.97. The number of pyridine rings is 1. The van der Waals surface area contributed by atoms with Crippen molar-refractivity contribution in [3.05, 3.63) is 92.9 Å². The highest BCUT2D eigenvalue weighted by molar-refractivity contribution is 5.76. The molecule has 1 aromatic heterocycles. The quantitative estimate of drug-likeness (QED) is 0.619. The van der Waals surface area contributed by atoms with E-state index < -0.39 is 5.60 Å². The Balaban J connectivity index is 1.53. The summed E-state index contributed by atoms with van der Waals surface area (Å²) in [4.78, 5) is 24.1. The van der Waals surface area contributed by atoms with Crippen molar-refractivity contribution >= 4 is 5.78 Å². The lowest BCUT2D eigenvalue weighted by molar-refractivity contribution is -0.116. The topological polar surface area (TPSA) is 60.3 Å². The van der Waals surface area contributed by atoms with E-state index in [0.717, 1.165) is 37.1 Å². The van der Waals surface area contributed by atoms with Gasteiger partial charge in [0.2, 0.25) is 0 Å². The molecule has 0 saturated carbocycles. The van der Waals surface area contributed by atoms with Gasteiger partial charge >= 0.3 is 0 Å². The van der Waals surface area contributed by atoms with Crippen molar-refractivity contribution in [3.8, 4) is 11.1 Å². The molecule has 1 spiro atoms. The third kappa shape index (κ3) is 3.93. The standard InChI is InChI=1S/C29H32N2O3/c1-19-14-22(25-7-5-4-6-21(25)9-8-20(2)32)10-11-24(19)27-16-30-13-12-29(27)26-15-28(33)31(3)17-23(26)18-34-29/h4-7,10-11,14-15,17,27,30H,8-9,12-13,16,18H2,1-3H3/t27-,29+/m1/s1. The maximum absolute atomic E-state index is 12.5. The number of Topliss-reactive ketones (excluding diaryl/α,β-unsaturated/α-hetero) is 1. The molecular formula is C29H32N2O3. The molecule has 2 atom stereocenters. The van der Waals surface area contributed by atoms with Gasteiger partial charge in [0, 0.05) is 43.8 Å². The van der Waals surface area contributed by atoms with Crippen LogP contribution in [0.1, 0.15) is 53.5 Å². The Bertz CT molecular complexity index is 1310. The number of ketones is 1. The van der Waals surface area contributed by atoms with Crippen LogP contribution in [0.2, 0.25) is 0 Å². The first-order valence-electron chi connectivity index (χ1n) is 12.1. The first kappa shape index (κ1) is 22.8. The predicted molar refractivity (Wildman–Crippen MR) is 134 cm³/mol. The van der Waals surface area contributed by atoms with Gasteiger partial charge in [-0.05, 0) is 66.6 Å². The maximum Gasteiger partial charge on any atom is 0.250 e. The fraction of sp³-hybridized carbons (Fsp3) is 0.379. The highest BCUT2D eigenvalue weighted by Gasteiger charge is 2.49. The Kier molecular flexibility index (Phi) is 6.00. The Morgan fingerprint density at radius 2 is 2.03 bits per heavy atom. The van der Waals surface area contributed by atoms with E-state index in [1.165, 1.54) is 27.8 Å². The molecule has 176 valence electrons. The van der Waals surface area contributed by atoms with Crippen LogP contribution in [0.25, 0.3) is 11.1 Å². The van der Waals surface area contributed by atoms with Crippen LogP contribution in [-0.4, -0.2) is 23.4 Å². The molecule has 1 N–H and O–H groups in total. The molecule has 1 saturated heterocycles. The zero-order valence-corrected chi connectivity index (χ0v) is 20.2. The van der Waals surface area contributed by atoms with Crippen molar-refractivity contribution in [2.24, 2.45) is 7.05 Å². The van der Waals surface area contributed by atoms with Gasteiger partial charge in [0.25, 0.3) is 5.56 Å². The van der Waals surface area contributed by atoms with E-state index in [9.17, 15) is 9.59 Å². The van der Waals surface area contributed by atoms with Gasteiger partial charge in [-0.25, -0.2) is 0 Å². The van der Waals surface area contributed by atoms with Crippen molar-refractivity contribution in [1.82, 2.24) is 9.88 Å². The summed E-state index contributed by atoms with van der Waals surface area (Å²) in [7, 11) is 1.80. The van der Waals surface area contributed by atoms with Crippen molar-refractivity contribution < 1.29 is 9.53 Å². The van der Waals surface area contributed by atoms with Crippen LogP contribution in [0, 0.1) is 6.92 Å². The fourth-order valence-corrected chi connectivity index (χ4v) is 5.76. The van der Waals surface area contributed by atoms with Gasteiger partial charge in [-0.2, -0.15) is 0 Å². The van der Waals surface area contributed by atoms with Crippen LogP contribution >= 0.6 is 0 Å². The highest BCUT2D eigenvalue weighted by Crippen LogP contribution is 2.50. The number of ether oxygens (including phenoxy) is 1. The largest absolute Gasteiger partial charge is 0.365 e. The molecule has 5 nitrogen and oxygen atoms in total. The molecule has 34 heavy (non-hydrogen) atoms. The number of hydrogen-bond donors (Lipinski definition) is 1. The number of fused-ring (bicyclic) bond motifs is 2. The Labute approximate surface area is 200 Å². The van der Waals surface area contributed by atoms with E-state index in [4.69, 9.17) is 4.74 Å². The third-order valence-corrected chi connectivity index (χ3v) is 7.56. The zero-order chi connectivity index (χ0) is 23.9. The number of benzene rings is 2. The first-order valence-corrected chi connectivity index (χ1v) is 12.1. The SMILES string of the molecule is CC(=O)CCc1ccccc1-c1ccc([C@H]2CNCC[C@@]23OCc2cn(C)c(=O)cc23)c(C)c1. The fourth-order valence-electron chi connectivity index (χ4n) is 5.76. The summed E-state index contributed by atoms with van der Waals surface area (Å²) < 4.78 is 8.19. The van der Waals surface area contributed by atoms with Crippen LogP contribution < -0.4 is 10.9 Å². The van der Waals surface area contributed by atoms with E-state index in [-0.39, 0.29) is 17.3 Å². The van der Waals surface area contributed by atoms with Crippen molar-refractivity contribution in [2.75, 3.05) is 13.1 Å². The monoisotopic (exact) mass is 456 g/mol. The van der Waals surface area contributed by atoms with Crippen molar-refractivity contribution in [1.29, 1.82) is 0 Å². The first-order chi connectivity index (χ1) is 16.4. The van der Waals surface area contributed by atoms with Gasteiger partial charge < -0.3 is 19.4 Å². The Hall–Kier alpha value is -3.02. The van der Waals surface area contributed by atoms with Crippen LogP contribution in [0.4, 0.5) is 0 Å². The third-order valence-electron chi connectivity index (χ3n) is 7.56. The van der Waals surface area contributed by atoms with E-state index in [2.05, 4.69) is 48.6 Å². The lowest BCUT2D eigenvalue weighted by atomic mass is 9.72. The number of aromatic nitrogens is 1. The van der Waals surface area contributed by atoms with Gasteiger partial charge in [0.05, 0.1) is 6.61 Å². The number of aryl methyl sites for hydroxylation is 3. The normalized spacial score (nSPS) is 21.6. The summed E-state index contributed by atoms with van der Waals surface area (Å²) in [5.41, 5.74) is 7.72. The molecular weight excluding hydrogens is 424 g/mol. The number of hydrogen-bond acceptors (Lipinski definition) is 4. The van der Waals surface area contributed by atoms with Gasteiger partial charge in [-0.15, -0.1) is 0 Å². The minimum atomic E-state index is -0.473. The molecule has 5 rings (SSSR count). The number of carbonyl (C=O) groups is 1. The minimum absolute atomic E-state index is 0.00939. The predicted octanol–water partition coefficient (Wildman–Crippen LogP) is 4.38. The molecule has 0 unspecified atom stereocenters. The van der Waals surface area contributed by atoms with E-state index in [0.29, 0.717) is 13.0 Å². The molecule has 2 aliphatic heterocycles. The average molecular weight is 457 g/mol. The summed E-state index contributed by atoms with van der Waals surface area (Å²) in [5, 5.41) is 3.56. The van der Waals surface area contributed by atoms with Crippen LogP contribution in [-0.2, 0) is 35.2 Å². The summed E-state index contributed by atoms with van der Waals surface area (Å²) in [6, 6.07) is 16.8. The summed E-state index contributed by atoms with van der Waals surface area (Å²) in [5.74, 6) is 0.333. The Morgan fingerprint density at radius 1 is 1.21 bits per heavy atom. The van der Waals surface area contributed by atoms with Gasteiger partial charge in [-0.1, -0.05) is 42.5 Å². The highest BCUT2D eigenvalue weighted by atomic mass is 16.5. The van der Waals surface area contributed by atoms with Crippen LogP contribution in [0.5, 0.6) is 0 Å². The van der Waals surface area contributed by atoms with E-state index in [1.54, 1.807) is 24.6 Å². The van der Waals surface area contributed by atoms with Gasteiger partial charge in [-0.3, -0.25) is 4.79 Å². The molecule has 2 aromatic carbocycles. The summed E-state index contributed by atoms with van der Waals surface area (Å²) in [6.45, 7) is 6.03. The molecule has 0 bridgehead atoms. The van der Waals surface area contributed by atoms with E-state index >= 15 is 0 Å². The lowest BCUT2D eigenvalue weighted by Crippen LogP contribution is -2.47. The maximum atomic E-state index is 12.5. The average Bonchev–Trinajstić information content (AvgIpc) is 3.16. The smallest absolute Gasteiger partial charge is 0.250 e. The number of nitrogens with zero attached hydrogens (tertiary/aromatic N) is 1. The zero-order valence-electron chi connectivity index (χ0n) is 20.2. The number of nitrogens with one attached hydrogen (secondary N) is 1. The van der Waals surface area contributed by atoms with Crippen LogP contribution in [0.3, 0.4) is 0 Å². The van der Waals surface area contributed by atoms with Gasteiger partial charge in [0.1, 0.15) is 11.4 Å². The summed E-state index contributed by atoms with van der Waals surface area (Å²) in [6.07, 6.45) is 4.08. The summed E-state index contributed by atoms with van der Waals surface area (Å²) >= 11 is 0. The van der Waals surface area contributed by atoms with Crippen molar-refractivity contribution in [3.63, 3.8) is 0 Å². The molecule has 0 radical (unpaired) electrons. The molecule has 0 amide bonds. The molecule has 0 aliphatic carbocycles.